The summed E-state index contributed by atoms with van der Waals surface area (Å²) in [6, 6.07) is 12.8. The van der Waals surface area contributed by atoms with Gasteiger partial charge in [-0.05, 0) is 29.8 Å². The van der Waals surface area contributed by atoms with Gasteiger partial charge < -0.3 is 5.73 Å². The van der Waals surface area contributed by atoms with E-state index in [0.717, 1.165) is 11.1 Å². The van der Waals surface area contributed by atoms with Crippen LogP contribution in [0.25, 0.3) is 11.4 Å². The number of aromatic nitrogens is 3. The van der Waals surface area contributed by atoms with Crippen molar-refractivity contribution in [3.8, 4) is 11.4 Å². The Labute approximate surface area is 125 Å². The van der Waals surface area contributed by atoms with Gasteiger partial charge in [0.1, 0.15) is 11.6 Å². The molecule has 0 amide bonds. The maximum absolute atomic E-state index is 12.9. The maximum atomic E-state index is 12.9. The summed E-state index contributed by atoms with van der Waals surface area (Å²) in [5.74, 6) is 0.671. The number of H-pyrrole nitrogens is 1. The van der Waals surface area contributed by atoms with Gasteiger partial charge in [0.2, 0.25) is 0 Å². The zero-order chi connectivity index (χ0) is 14.8. The Hall–Kier alpha value is -2.24. The highest BCUT2D eigenvalue weighted by Gasteiger charge is 2.15. The molecule has 1 aromatic heterocycles. The molecule has 6 heteroatoms. The van der Waals surface area contributed by atoms with Gasteiger partial charge in [0.15, 0.2) is 5.82 Å². The highest BCUT2D eigenvalue weighted by atomic mass is 35.5. The first-order valence-electron chi connectivity index (χ1n) is 6.33. The van der Waals surface area contributed by atoms with E-state index < -0.39 is 6.04 Å². The number of halogens is 2. The summed E-state index contributed by atoms with van der Waals surface area (Å²) in [4.78, 5) is 4.37. The normalized spacial score (nSPS) is 12.3. The van der Waals surface area contributed by atoms with Crippen molar-refractivity contribution in [1.82, 2.24) is 15.2 Å². The van der Waals surface area contributed by atoms with Crippen molar-refractivity contribution < 1.29 is 4.39 Å². The number of hydrogen-bond donors (Lipinski definition) is 2. The van der Waals surface area contributed by atoms with Crippen LogP contribution in [0.5, 0.6) is 0 Å². The van der Waals surface area contributed by atoms with E-state index in [4.69, 9.17) is 17.3 Å². The summed E-state index contributed by atoms with van der Waals surface area (Å²) in [7, 11) is 0. The highest BCUT2D eigenvalue weighted by Crippen LogP contribution is 2.26. The largest absolute Gasteiger partial charge is 0.318 e. The molecule has 0 aliphatic carbocycles. The summed E-state index contributed by atoms with van der Waals surface area (Å²) < 4.78 is 12.9. The van der Waals surface area contributed by atoms with E-state index in [1.54, 1.807) is 18.2 Å². The van der Waals surface area contributed by atoms with E-state index in [1.807, 2.05) is 18.2 Å². The van der Waals surface area contributed by atoms with Crippen LogP contribution in [0.1, 0.15) is 17.4 Å². The minimum Gasteiger partial charge on any atom is -0.318 e. The second-order valence-corrected chi connectivity index (χ2v) is 4.96. The lowest BCUT2D eigenvalue weighted by molar-refractivity contribution is 0.626. The lowest BCUT2D eigenvalue weighted by atomic mass is 10.1. The Balaban J connectivity index is 1.91. The van der Waals surface area contributed by atoms with Crippen molar-refractivity contribution in [3.63, 3.8) is 0 Å². The predicted octanol–water partition coefficient (Wildman–Crippen LogP) is 3.31. The molecule has 0 saturated heterocycles. The molecule has 3 aromatic rings. The van der Waals surface area contributed by atoms with E-state index in [0.29, 0.717) is 16.7 Å². The van der Waals surface area contributed by atoms with Gasteiger partial charge in [0.05, 0.1) is 11.1 Å². The smallest absolute Gasteiger partial charge is 0.182 e. The Morgan fingerprint density at radius 3 is 2.52 bits per heavy atom. The topological polar surface area (TPSA) is 67.6 Å². The number of nitrogens with two attached hydrogens (primary N) is 1. The summed E-state index contributed by atoms with van der Waals surface area (Å²) in [5, 5.41) is 7.51. The number of aromatic amines is 1. The van der Waals surface area contributed by atoms with Crippen LogP contribution >= 0.6 is 11.6 Å². The summed E-state index contributed by atoms with van der Waals surface area (Å²) >= 11 is 6.12. The predicted molar refractivity (Wildman–Crippen MR) is 79.3 cm³/mol. The standard InChI is InChI=1S/C15H12ClFN4/c16-12-4-2-1-3-11(12)14-19-15(21-20-14)13(18)9-5-7-10(17)8-6-9/h1-8,13H,18H2,(H,19,20,21)/t13-/m1/s1. The highest BCUT2D eigenvalue weighted by molar-refractivity contribution is 6.33. The molecule has 0 unspecified atom stereocenters. The molecule has 2 aromatic carbocycles. The quantitative estimate of drug-likeness (QED) is 0.780. The molecule has 0 spiro atoms. The maximum Gasteiger partial charge on any atom is 0.182 e. The molecule has 0 aliphatic rings. The van der Waals surface area contributed by atoms with Crippen molar-refractivity contribution >= 4 is 11.6 Å². The molecule has 0 saturated carbocycles. The van der Waals surface area contributed by atoms with E-state index in [-0.39, 0.29) is 5.82 Å². The van der Waals surface area contributed by atoms with E-state index >= 15 is 0 Å². The average Bonchev–Trinajstić information content (AvgIpc) is 2.97. The van der Waals surface area contributed by atoms with Crippen LogP contribution in [0.15, 0.2) is 48.5 Å². The van der Waals surface area contributed by atoms with Crippen molar-refractivity contribution in [2.45, 2.75) is 6.04 Å². The minimum absolute atomic E-state index is 0.305. The number of hydrogen-bond acceptors (Lipinski definition) is 3. The average molecular weight is 303 g/mol. The van der Waals surface area contributed by atoms with Gasteiger partial charge in [-0.15, -0.1) is 0 Å². The van der Waals surface area contributed by atoms with Crippen molar-refractivity contribution in [3.05, 3.63) is 70.8 Å². The lowest BCUT2D eigenvalue weighted by Gasteiger charge is -2.08. The van der Waals surface area contributed by atoms with Gasteiger partial charge in [0.25, 0.3) is 0 Å². The summed E-state index contributed by atoms with van der Waals surface area (Å²) in [6.45, 7) is 0. The second-order valence-electron chi connectivity index (χ2n) is 4.55. The number of nitrogens with one attached hydrogen (secondary N) is 1. The van der Waals surface area contributed by atoms with Gasteiger partial charge in [-0.25, -0.2) is 9.37 Å². The first kappa shape index (κ1) is 13.7. The number of benzene rings is 2. The third kappa shape index (κ3) is 2.79. The van der Waals surface area contributed by atoms with Gasteiger partial charge in [0, 0.05) is 5.56 Å². The van der Waals surface area contributed by atoms with Gasteiger partial charge in [-0.3, -0.25) is 5.10 Å². The van der Waals surface area contributed by atoms with E-state index in [2.05, 4.69) is 15.2 Å². The Morgan fingerprint density at radius 2 is 1.81 bits per heavy atom. The van der Waals surface area contributed by atoms with Crippen LogP contribution in [0, 0.1) is 5.82 Å². The SMILES string of the molecule is N[C@H](c1ccc(F)cc1)c1nc(-c2ccccc2Cl)n[nH]1. The van der Waals surface area contributed by atoms with Crippen LogP contribution in [0.2, 0.25) is 5.02 Å². The molecule has 3 rings (SSSR count). The molecule has 0 radical (unpaired) electrons. The van der Waals surface area contributed by atoms with Crippen molar-refractivity contribution in [2.24, 2.45) is 5.73 Å². The van der Waals surface area contributed by atoms with Gasteiger partial charge >= 0.3 is 0 Å². The molecule has 4 nitrogen and oxygen atoms in total. The van der Waals surface area contributed by atoms with Gasteiger partial charge in [-0.2, -0.15) is 5.10 Å². The van der Waals surface area contributed by atoms with E-state index in [1.165, 1.54) is 12.1 Å². The molecule has 21 heavy (non-hydrogen) atoms. The molecule has 0 aliphatic heterocycles. The lowest BCUT2D eigenvalue weighted by Crippen LogP contribution is -2.13. The molecular formula is C15H12ClFN4. The second kappa shape index (κ2) is 5.63. The fourth-order valence-corrected chi connectivity index (χ4v) is 2.22. The molecule has 1 heterocycles. The van der Waals surface area contributed by atoms with Crippen LogP contribution in [0.3, 0.4) is 0 Å². The van der Waals surface area contributed by atoms with Crippen molar-refractivity contribution in [1.29, 1.82) is 0 Å². The Morgan fingerprint density at radius 1 is 1.10 bits per heavy atom. The fraction of sp³-hybridized carbons (Fsp3) is 0.0667. The van der Waals surface area contributed by atoms with Crippen LogP contribution < -0.4 is 5.73 Å². The van der Waals surface area contributed by atoms with Crippen LogP contribution in [-0.4, -0.2) is 15.2 Å². The summed E-state index contributed by atoms with van der Waals surface area (Å²) in [5.41, 5.74) is 7.58. The first-order chi connectivity index (χ1) is 10.1. The molecule has 1 atom stereocenters. The first-order valence-corrected chi connectivity index (χ1v) is 6.71. The molecular weight excluding hydrogens is 291 g/mol. The summed E-state index contributed by atoms with van der Waals surface area (Å²) in [6.07, 6.45) is 0. The van der Waals surface area contributed by atoms with Crippen LogP contribution in [-0.2, 0) is 0 Å². The van der Waals surface area contributed by atoms with Gasteiger partial charge in [-0.1, -0.05) is 35.9 Å². The number of nitrogens with zero attached hydrogens (tertiary/aromatic N) is 2. The van der Waals surface area contributed by atoms with Crippen LogP contribution in [0.4, 0.5) is 4.39 Å². The van der Waals surface area contributed by atoms with Crippen molar-refractivity contribution in [2.75, 3.05) is 0 Å². The zero-order valence-electron chi connectivity index (χ0n) is 10.9. The molecule has 3 N–H and O–H groups in total. The monoisotopic (exact) mass is 302 g/mol. The minimum atomic E-state index is -0.505. The van der Waals surface area contributed by atoms with E-state index in [9.17, 15) is 4.39 Å². The molecule has 0 fully saturated rings. The number of rotatable bonds is 3. The zero-order valence-corrected chi connectivity index (χ0v) is 11.7. The third-order valence-corrected chi connectivity index (χ3v) is 3.47. The third-order valence-electron chi connectivity index (χ3n) is 3.14. The Kier molecular flexibility index (Phi) is 3.68. The fourth-order valence-electron chi connectivity index (χ4n) is 2.00. The molecule has 0 bridgehead atoms. The molecule has 106 valence electrons. The Bertz CT molecular complexity index is 754.